The van der Waals surface area contributed by atoms with Crippen molar-refractivity contribution in [1.82, 2.24) is 0 Å². The molecule has 0 aliphatic heterocycles. The van der Waals surface area contributed by atoms with Gasteiger partial charge in [0.1, 0.15) is 5.75 Å². The zero-order chi connectivity index (χ0) is 14.9. The fourth-order valence-corrected chi connectivity index (χ4v) is 2.18. The molecule has 0 amide bonds. The molecule has 0 aliphatic rings. The molecule has 108 valence electrons. The maximum Gasteiger partial charge on any atom is 0.119 e. The Morgan fingerprint density at radius 1 is 1.05 bits per heavy atom. The van der Waals surface area contributed by atoms with Crippen molar-refractivity contribution in [3.05, 3.63) is 60.2 Å². The van der Waals surface area contributed by atoms with Gasteiger partial charge in [-0.1, -0.05) is 18.2 Å². The van der Waals surface area contributed by atoms with E-state index in [2.05, 4.69) is 42.2 Å². The molecule has 0 bridgehead atoms. The third-order valence-electron chi connectivity index (χ3n) is 3.33. The van der Waals surface area contributed by atoms with Gasteiger partial charge in [-0.25, -0.2) is 0 Å². The average molecular weight is 280 g/mol. The summed E-state index contributed by atoms with van der Waals surface area (Å²) >= 11 is 0. The van der Waals surface area contributed by atoms with E-state index in [4.69, 9.17) is 10.00 Å². The van der Waals surface area contributed by atoms with Crippen LogP contribution in [0.15, 0.2) is 54.6 Å². The van der Waals surface area contributed by atoms with Gasteiger partial charge in [-0.2, -0.15) is 5.26 Å². The fraction of sp³-hybridized carbons (Fsp3) is 0.278. The summed E-state index contributed by atoms with van der Waals surface area (Å²) in [7, 11) is 0. The lowest BCUT2D eigenvalue weighted by Crippen LogP contribution is -2.25. The predicted octanol–water partition coefficient (Wildman–Crippen LogP) is 3.85. The molecule has 2 rings (SSSR count). The second kappa shape index (κ2) is 7.96. The molecule has 21 heavy (non-hydrogen) atoms. The number of benzene rings is 2. The van der Waals surface area contributed by atoms with Crippen LogP contribution < -0.4 is 9.64 Å². The Labute approximate surface area is 126 Å². The van der Waals surface area contributed by atoms with Crippen molar-refractivity contribution in [2.75, 3.05) is 24.6 Å². The molecule has 2 aromatic rings. The minimum absolute atomic E-state index is 0.656. The zero-order valence-corrected chi connectivity index (χ0v) is 12.3. The summed E-state index contributed by atoms with van der Waals surface area (Å²) in [5.41, 5.74) is 1.90. The van der Waals surface area contributed by atoms with Gasteiger partial charge < -0.3 is 9.64 Å². The molecular weight excluding hydrogens is 260 g/mol. The number of anilines is 1. The van der Waals surface area contributed by atoms with Gasteiger partial charge in [0.05, 0.1) is 18.2 Å². The van der Waals surface area contributed by atoms with Crippen LogP contribution in [0.1, 0.15) is 18.9 Å². The lowest BCUT2D eigenvalue weighted by molar-refractivity contribution is 0.312. The Balaban J connectivity index is 1.77. The van der Waals surface area contributed by atoms with Crippen LogP contribution in [0.5, 0.6) is 5.75 Å². The van der Waals surface area contributed by atoms with Crippen LogP contribution in [0.3, 0.4) is 0 Å². The Hall–Kier alpha value is -2.47. The molecule has 0 atom stereocenters. The van der Waals surface area contributed by atoms with Crippen molar-refractivity contribution >= 4 is 5.69 Å². The normalized spacial score (nSPS) is 9.90. The second-order valence-electron chi connectivity index (χ2n) is 4.75. The summed E-state index contributed by atoms with van der Waals surface area (Å²) in [5, 5.41) is 8.74. The van der Waals surface area contributed by atoms with E-state index >= 15 is 0 Å². The molecule has 0 spiro atoms. The van der Waals surface area contributed by atoms with Gasteiger partial charge in [-0.15, -0.1) is 0 Å². The first-order valence-corrected chi connectivity index (χ1v) is 7.26. The number of nitriles is 1. The average Bonchev–Trinajstić information content (AvgIpc) is 2.56. The Kier molecular flexibility index (Phi) is 5.66. The standard InChI is InChI=1S/C18H20N2O/c1-2-20(17-7-4-3-5-8-17)13-6-14-21-18-11-9-16(15-19)10-12-18/h3-5,7-12H,2,6,13-14H2,1H3. The Bertz CT molecular complexity index is 572. The molecule has 0 N–H and O–H groups in total. The highest BCUT2D eigenvalue weighted by atomic mass is 16.5. The summed E-state index contributed by atoms with van der Waals surface area (Å²) in [6.07, 6.45) is 0.961. The number of hydrogen-bond acceptors (Lipinski definition) is 3. The minimum atomic E-state index is 0.656. The lowest BCUT2D eigenvalue weighted by atomic mass is 10.2. The third-order valence-corrected chi connectivity index (χ3v) is 3.33. The Morgan fingerprint density at radius 3 is 2.38 bits per heavy atom. The van der Waals surface area contributed by atoms with Gasteiger partial charge in [-0.05, 0) is 49.7 Å². The molecule has 3 nitrogen and oxygen atoms in total. The molecule has 0 saturated heterocycles. The van der Waals surface area contributed by atoms with Crippen LogP contribution in [-0.4, -0.2) is 19.7 Å². The summed E-state index contributed by atoms with van der Waals surface area (Å²) in [6.45, 7) is 4.79. The van der Waals surface area contributed by atoms with Crippen molar-refractivity contribution in [2.45, 2.75) is 13.3 Å². The van der Waals surface area contributed by atoms with E-state index in [1.165, 1.54) is 5.69 Å². The number of ether oxygens (including phenoxy) is 1. The molecule has 0 saturated carbocycles. The van der Waals surface area contributed by atoms with Crippen molar-refractivity contribution in [1.29, 1.82) is 5.26 Å². The largest absolute Gasteiger partial charge is 0.494 e. The summed E-state index contributed by atoms with van der Waals surface area (Å²) in [4.78, 5) is 2.34. The molecule has 0 aliphatic carbocycles. The van der Waals surface area contributed by atoms with E-state index in [1.54, 1.807) is 12.1 Å². The van der Waals surface area contributed by atoms with E-state index in [0.29, 0.717) is 12.2 Å². The van der Waals surface area contributed by atoms with E-state index in [-0.39, 0.29) is 0 Å². The van der Waals surface area contributed by atoms with Crippen molar-refractivity contribution in [2.24, 2.45) is 0 Å². The van der Waals surface area contributed by atoms with Gasteiger partial charge in [0.2, 0.25) is 0 Å². The zero-order valence-electron chi connectivity index (χ0n) is 12.3. The Morgan fingerprint density at radius 2 is 1.76 bits per heavy atom. The van der Waals surface area contributed by atoms with Crippen LogP contribution in [0.2, 0.25) is 0 Å². The first kappa shape index (κ1) is 14.9. The highest BCUT2D eigenvalue weighted by Crippen LogP contribution is 2.14. The van der Waals surface area contributed by atoms with Crippen molar-refractivity contribution in [3.8, 4) is 11.8 Å². The van der Waals surface area contributed by atoms with Gasteiger partial charge in [0, 0.05) is 18.8 Å². The topological polar surface area (TPSA) is 36.3 Å². The van der Waals surface area contributed by atoms with Crippen LogP contribution in [-0.2, 0) is 0 Å². The van der Waals surface area contributed by atoms with E-state index < -0.39 is 0 Å². The summed E-state index contributed by atoms with van der Waals surface area (Å²) in [6, 6.07) is 19.7. The number of rotatable bonds is 7. The lowest BCUT2D eigenvalue weighted by Gasteiger charge is -2.23. The van der Waals surface area contributed by atoms with Gasteiger partial charge in [0.15, 0.2) is 0 Å². The van der Waals surface area contributed by atoms with Gasteiger partial charge in [-0.3, -0.25) is 0 Å². The maximum absolute atomic E-state index is 8.74. The smallest absolute Gasteiger partial charge is 0.119 e. The van der Waals surface area contributed by atoms with Gasteiger partial charge in [0.25, 0.3) is 0 Å². The highest BCUT2D eigenvalue weighted by Gasteiger charge is 2.03. The SMILES string of the molecule is CCN(CCCOc1ccc(C#N)cc1)c1ccccc1. The third kappa shape index (κ3) is 4.54. The number of nitrogens with zero attached hydrogens (tertiary/aromatic N) is 2. The first-order chi connectivity index (χ1) is 10.3. The van der Waals surface area contributed by atoms with Crippen LogP contribution in [0, 0.1) is 11.3 Å². The van der Waals surface area contributed by atoms with E-state index in [0.717, 1.165) is 25.3 Å². The quantitative estimate of drug-likeness (QED) is 0.723. The molecule has 0 unspecified atom stereocenters. The highest BCUT2D eigenvalue weighted by molar-refractivity contribution is 5.45. The maximum atomic E-state index is 8.74. The monoisotopic (exact) mass is 280 g/mol. The second-order valence-corrected chi connectivity index (χ2v) is 4.75. The van der Waals surface area contributed by atoms with E-state index in [9.17, 15) is 0 Å². The number of para-hydroxylation sites is 1. The van der Waals surface area contributed by atoms with Crippen LogP contribution in [0.4, 0.5) is 5.69 Å². The minimum Gasteiger partial charge on any atom is -0.494 e. The molecule has 0 radical (unpaired) electrons. The van der Waals surface area contributed by atoms with Crippen molar-refractivity contribution < 1.29 is 4.74 Å². The number of hydrogen-bond donors (Lipinski definition) is 0. The van der Waals surface area contributed by atoms with Crippen LogP contribution >= 0.6 is 0 Å². The molecule has 0 heterocycles. The van der Waals surface area contributed by atoms with Gasteiger partial charge >= 0.3 is 0 Å². The summed E-state index contributed by atoms with van der Waals surface area (Å²) in [5.74, 6) is 0.816. The van der Waals surface area contributed by atoms with Crippen molar-refractivity contribution in [3.63, 3.8) is 0 Å². The predicted molar refractivity (Wildman–Crippen MR) is 85.6 cm³/mol. The first-order valence-electron chi connectivity index (χ1n) is 7.26. The van der Waals surface area contributed by atoms with E-state index in [1.807, 2.05) is 18.2 Å². The fourth-order valence-electron chi connectivity index (χ4n) is 2.18. The molecule has 0 aromatic heterocycles. The molecule has 0 fully saturated rings. The van der Waals surface area contributed by atoms with Crippen LogP contribution in [0.25, 0.3) is 0 Å². The molecule has 3 heteroatoms. The molecular formula is C18H20N2O. The molecule has 2 aromatic carbocycles. The summed E-state index contributed by atoms with van der Waals surface area (Å²) < 4.78 is 5.70.